The molecule has 1 atom stereocenters. The van der Waals surface area contributed by atoms with E-state index >= 15 is 0 Å². The minimum absolute atomic E-state index is 0.0440. The number of hydrogen-bond donors (Lipinski definition) is 2. The summed E-state index contributed by atoms with van der Waals surface area (Å²) in [6.07, 6.45) is 2.35. The molecule has 0 fully saturated rings. The zero-order valence-electron chi connectivity index (χ0n) is 5.53. The molecular formula is C6H10N2OS. The molecule has 0 radical (unpaired) electrons. The lowest BCUT2D eigenvalue weighted by Crippen LogP contribution is -2.09. The topological polar surface area (TPSA) is 59.1 Å². The third-order valence-corrected chi connectivity index (χ3v) is 2.16. The molecule has 0 aliphatic heterocycles. The van der Waals surface area contributed by atoms with Gasteiger partial charge in [0.15, 0.2) is 0 Å². The Bertz CT molecular complexity index is 176. The lowest BCUT2D eigenvalue weighted by Gasteiger charge is -2.04. The second kappa shape index (κ2) is 3.65. The molecule has 0 spiro atoms. The maximum absolute atomic E-state index is 8.54. The summed E-state index contributed by atoms with van der Waals surface area (Å²) >= 11 is 1.52. The number of thiazole rings is 1. The Morgan fingerprint density at radius 3 is 3.10 bits per heavy atom. The van der Waals surface area contributed by atoms with Crippen LogP contribution in [0.25, 0.3) is 0 Å². The summed E-state index contributed by atoms with van der Waals surface area (Å²) in [5.74, 6) is 0. The van der Waals surface area contributed by atoms with E-state index in [1.165, 1.54) is 11.3 Å². The summed E-state index contributed by atoms with van der Waals surface area (Å²) in [5, 5.41) is 8.54. The summed E-state index contributed by atoms with van der Waals surface area (Å²) in [4.78, 5) is 4.92. The number of hydrogen-bond acceptors (Lipinski definition) is 4. The van der Waals surface area contributed by atoms with Gasteiger partial charge in [-0.25, -0.2) is 0 Å². The van der Waals surface area contributed by atoms with E-state index in [0.29, 0.717) is 6.42 Å². The minimum Gasteiger partial charge on any atom is -0.396 e. The van der Waals surface area contributed by atoms with Crippen molar-refractivity contribution in [2.75, 3.05) is 6.61 Å². The van der Waals surface area contributed by atoms with Crippen LogP contribution in [0, 0.1) is 0 Å². The van der Waals surface area contributed by atoms with Crippen LogP contribution in [-0.4, -0.2) is 16.7 Å². The molecule has 1 aromatic rings. The fourth-order valence-electron chi connectivity index (χ4n) is 0.690. The molecule has 1 unspecified atom stereocenters. The van der Waals surface area contributed by atoms with Gasteiger partial charge in [-0.15, -0.1) is 11.3 Å². The summed E-state index contributed by atoms with van der Waals surface area (Å²) in [6, 6.07) is -0.0440. The van der Waals surface area contributed by atoms with Crippen molar-refractivity contribution in [1.29, 1.82) is 0 Å². The molecule has 4 heteroatoms. The third-order valence-electron chi connectivity index (χ3n) is 1.26. The van der Waals surface area contributed by atoms with Crippen LogP contribution >= 0.6 is 11.3 Å². The van der Waals surface area contributed by atoms with Crippen molar-refractivity contribution in [2.45, 2.75) is 12.5 Å². The zero-order chi connectivity index (χ0) is 7.40. The first-order chi connectivity index (χ1) is 4.84. The van der Waals surface area contributed by atoms with Gasteiger partial charge in [0.1, 0.15) is 0 Å². The monoisotopic (exact) mass is 158 g/mol. The molecule has 1 aromatic heterocycles. The molecule has 0 saturated carbocycles. The number of rotatable bonds is 3. The van der Waals surface area contributed by atoms with Crippen molar-refractivity contribution in [3.63, 3.8) is 0 Å². The first-order valence-electron chi connectivity index (χ1n) is 3.09. The summed E-state index contributed by atoms with van der Waals surface area (Å²) in [7, 11) is 0. The van der Waals surface area contributed by atoms with Gasteiger partial charge in [-0.05, 0) is 6.42 Å². The number of aliphatic hydroxyl groups is 1. The maximum Gasteiger partial charge on any atom is 0.0794 e. The van der Waals surface area contributed by atoms with Crippen LogP contribution in [0.2, 0.25) is 0 Å². The first kappa shape index (κ1) is 7.65. The van der Waals surface area contributed by atoms with E-state index in [1.54, 1.807) is 11.7 Å². The largest absolute Gasteiger partial charge is 0.396 e. The molecule has 56 valence electrons. The Balaban J connectivity index is 2.50. The Labute approximate surface area is 63.5 Å². The predicted molar refractivity (Wildman–Crippen MR) is 40.7 cm³/mol. The molecule has 0 saturated heterocycles. The van der Waals surface area contributed by atoms with Crippen molar-refractivity contribution >= 4 is 11.3 Å². The van der Waals surface area contributed by atoms with Crippen LogP contribution in [0.4, 0.5) is 0 Å². The highest BCUT2D eigenvalue weighted by molar-refractivity contribution is 7.09. The zero-order valence-corrected chi connectivity index (χ0v) is 6.34. The molecule has 0 aliphatic rings. The smallest absolute Gasteiger partial charge is 0.0794 e. The highest BCUT2D eigenvalue weighted by atomic mass is 32.1. The second-order valence-corrected chi connectivity index (χ2v) is 2.94. The molecular weight excluding hydrogens is 148 g/mol. The van der Waals surface area contributed by atoms with E-state index in [4.69, 9.17) is 10.8 Å². The number of nitrogens with two attached hydrogens (primary N) is 1. The van der Waals surface area contributed by atoms with E-state index in [1.807, 2.05) is 0 Å². The van der Waals surface area contributed by atoms with Gasteiger partial charge >= 0.3 is 0 Å². The molecule has 0 aromatic carbocycles. The van der Waals surface area contributed by atoms with Crippen molar-refractivity contribution < 1.29 is 5.11 Å². The summed E-state index contributed by atoms with van der Waals surface area (Å²) < 4.78 is 0. The molecule has 0 amide bonds. The maximum atomic E-state index is 8.54. The Morgan fingerprint density at radius 1 is 1.80 bits per heavy atom. The SMILES string of the molecule is NC(CCO)c1cncs1. The van der Waals surface area contributed by atoms with Gasteiger partial charge in [-0.2, -0.15) is 0 Å². The van der Waals surface area contributed by atoms with Gasteiger partial charge in [0, 0.05) is 23.7 Å². The lowest BCUT2D eigenvalue weighted by molar-refractivity contribution is 0.277. The first-order valence-corrected chi connectivity index (χ1v) is 3.97. The molecule has 0 aliphatic carbocycles. The molecule has 10 heavy (non-hydrogen) atoms. The average Bonchev–Trinajstić information content (AvgIpc) is 2.38. The molecule has 3 N–H and O–H groups in total. The van der Waals surface area contributed by atoms with Crippen LogP contribution in [0.3, 0.4) is 0 Å². The molecule has 3 nitrogen and oxygen atoms in total. The van der Waals surface area contributed by atoms with Crippen LogP contribution in [0.5, 0.6) is 0 Å². The second-order valence-electron chi connectivity index (χ2n) is 2.02. The number of nitrogens with zero attached hydrogens (tertiary/aromatic N) is 1. The highest BCUT2D eigenvalue weighted by Crippen LogP contribution is 2.16. The number of aromatic nitrogens is 1. The van der Waals surface area contributed by atoms with Crippen molar-refractivity contribution in [1.82, 2.24) is 4.98 Å². The molecule has 0 bridgehead atoms. The lowest BCUT2D eigenvalue weighted by atomic mass is 10.2. The van der Waals surface area contributed by atoms with Gasteiger partial charge in [0.05, 0.1) is 5.51 Å². The third kappa shape index (κ3) is 1.76. The van der Waals surface area contributed by atoms with Crippen molar-refractivity contribution in [2.24, 2.45) is 5.73 Å². The summed E-state index contributed by atoms with van der Waals surface area (Å²) in [5.41, 5.74) is 7.40. The standard InChI is InChI=1S/C6H10N2OS/c7-5(1-2-9)6-3-8-4-10-6/h3-5,9H,1-2,7H2. The van der Waals surface area contributed by atoms with Crippen LogP contribution < -0.4 is 5.73 Å². The normalized spacial score (nSPS) is 13.4. The van der Waals surface area contributed by atoms with Crippen molar-refractivity contribution in [3.05, 3.63) is 16.6 Å². The van der Waals surface area contributed by atoms with Gasteiger partial charge in [-0.1, -0.05) is 0 Å². The Kier molecular flexibility index (Phi) is 2.80. The van der Waals surface area contributed by atoms with Gasteiger partial charge in [0.2, 0.25) is 0 Å². The van der Waals surface area contributed by atoms with Crippen LogP contribution in [-0.2, 0) is 0 Å². The quantitative estimate of drug-likeness (QED) is 0.674. The van der Waals surface area contributed by atoms with E-state index in [9.17, 15) is 0 Å². The van der Waals surface area contributed by atoms with E-state index < -0.39 is 0 Å². The van der Waals surface area contributed by atoms with Gasteiger partial charge < -0.3 is 10.8 Å². The fraction of sp³-hybridized carbons (Fsp3) is 0.500. The fourth-order valence-corrected chi connectivity index (χ4v) is 1.35. The van der Waals surface area contributed by atoms with E-state index in [2.05, 4.69) is 4.98 Å². The minimum atomic E-state index is -0.0440. The van der Waals surface area contributed by atoms with Crippen LogP contribution in [0.1, 0.15) is 17.3 Å². The molecule has 1 rings (SSSR count). The molecule has 1 heterocycles. The Morgan fingerprint density at radius 2 is 2.60 bits per heavy atom. The van der Waals surface area contributed by atoms with Gasteiger partial charge in [-0.3, -0.25) is 4.98 Å². The van der Waals surface area contributed by atoms with Gasteiger partial charge in [0.25, 0.3) is 0 Å². The predicted octanol–water partition coefficient (Wildman–Crippen LogP) is 0.525. The highest BCUT2D eigenvalue weighted by Gasteiger charge is 2.05. The average molecular weight is 158 g/mol. The van der Waals surface area contributed by atoms with Crippen LogP contribution in [0.15, 0.2) is 11.7 Å². The summed E-state index contributed by atoms with van der Waals surface area (Å²) in [6.45, 7) is 0.138. The van der Waals surface area contributed by atoms with Crippen molar-refractivity contribution in [3.8, 4) is 0 Å². The van der Waals surface area contributed by atoms with E-state index in [-0.39, 0.29) is 12.6 Å². The Hall–Kier alpha value is -0.450. The number of aliphatic hydroxyl groups excluding tert-OH is 1. The van der Waals surface area contributed by atoms with E-state index in [0.717, 1.165) is 4.88 Å².